The van der Waals surface area contributed by atoms with Crippen molar-refractivity contribution in [1.29, 1.82) is 0 Å². The number of ether oxygens (including phenoxy) is 1. The summed E-state index contributed by atoms with van der Waals surface area (Å²) in [5, 5.41) is 8.77. The van der Waals surface area contributed by atoms with Crippen LogP contribution < -0.4 is 0 Å². The van der Waals surface area contributed by atoms with E-state index >= 15 is 0 Å². The number of aromatic nitrogens is 1. The first-order valence-corrected chi connectivity index (χ1v) is 9.79. The van der Waals surface area contributed by atoms with Gasteiger partial charge in [0.25, 0.3) is 0 Å². The number of halogens is 3. The predicted octanol–water partition coefficient (Wildman–Crippen LogP) is 3.52. The minimum absolute atomic E-state index is 0.0825. The monoisotopic (exact) mass is 309 g/mol. The third-order valence-corrected chi connectivity index (χ3v) is 4.36. The lowest BCUT2D eigenvalue weighted by molar-refractivity contribution is -0.138. The standard InChI is InChI=1S/C12H18F3NO3Si/c1-20(2,3)5-4-19-8-16-6-9(11(17)18)10(7-16)12(13,14)15/h6-7H,4-5,8H2,1-3H3,(H,17,18). The SMILES string of the molecule is C[Si](C)(C)CCOCn1cc(C(=O)O)c(C(F)(F)F)c1. The molecule has 1 rings (SSSR count). The van der Waals surface area contributed by atoms with Crippen LogP contribution in [0.2, 0.25) is 25.7 Å². The van der Waals surface area contributed by atoms with E-state index in [0.717, 1.165) is 23.0 Å². The van der Waals surface area contributed by atoms with E-state index in [1.165, 1.54) is 0 Å². The predicted molar refractivity (Wildman–Crippen MR) is 70.5 cm³/mol. The van der Waals surface area contributed by atoms with E-state index < -0.39 is 31.3 Å². The third kappa shape index (κ3) is 5.01. The number of nitrogens with zero attached hydrogens (tertiary/aromatic N) is 1. The fourth-order valence-electron chi connectivity index (χ4n) is 1.53. The van der Waals surface area contributed by atoms with Crippen LogP contribution in [0.1, 0.15) is 15.9 Å². The molecule has 20 heavy (non-hydrogen) atoms. The van der Waals surface area contributed by atoms with Gasteiger partial charge in [0, 0.05) is 27.1 Å². The highest BCUT2D eigenvalue weighted by Crippen LogP contribution is 2.32. The number of aromatic carboxylic acids is 1. The average molecular weight is 309 g/mol. The van der Waals surface area contributed by atoms with Crippen LogP contribution in [0.4, 0.5) is 13.2 Å². The summed E-state index contributed by atoms with van der Waals surface area (Å²) < 4.78 is 44.4. The molecule has 0 saturated heterocycles. The second kappa shape index (κ2) is 6.00. The molecule has 114 valence electrons. The number of hydrogen-bond acceptors (Lipinski definition) is 2. The lowest BCUT2D eigenvalue weighted by Crippen LogP contribution is -2.21. The number of alkyl halides is 3. The molecule has 1 N–H and O–H groups in total. The largest absolute Gasteiger partial charge is 0.478 e. The van der Waals surface area contributed by atoms with Crippen molar-refractivity contribution in [2.24, 2.45) is 0 Å². The number of carboxylic acid groups (broad SMARTS) is 1. The zero-order chi connectivity index (χ0) is 15.6. The van der Waals surface area contributed by atoms with E-state index in [0.29, 0.717) is 6.61 Å². The van der Waals surface area contributed by atoms with Gasteiger partial charge < -0.3 is 14.4 Å². The van der Waals surface area contributed by atoms with Crippen LogP contribution in [-0.4, -0.2) is 30.3 Å². The van der Waals surface area contributed by atoms with E-state index in [2.05, 4.69) is 19.6 Å². The summed E-state index contributed by atoms with van der Waals surface area (Å²) in [5.74, 6) is -1.60. The van der Waals surface area contributed by atoms with Crippen molar-refractivity contribution < 1.29 is 27.8 Å². The molecule has 8 heteroatoms. The van der Waals surface area contributed by atoms with Crippen LogP contribution in [0, 0.1) is 0 Å². The molecule has 0 amide bonds. The van der Waals surface area contributed by atoms with Crippen LogP contribution >= 0.6 is 0 Å². The Hall–Kier alpha value is -1.28. The van der Waals surface area contributed by atoms with Crippen LogP contribution in [-0.2, 0) is 17.6 Å². The Morgan fingerprint density at radius 2 is 1.95 bits per heavy atom. The highest BCUT2D eigenvalue weighted by Gasteiger charge is 2.37. The van der Waals surface area contributed by atoms with Crippen LogP contribution in [0.15, 0.2) is 12.4 Å². The zero-order valence-electron chi connectivity index (χ0n) is 11.6. The summed E-state index contributed by atoms with van der Waals surface area (Å²) >= 11 is 0. The van der Waals surface area contributed by atoms with Gasteiger partial charge in [0.15, 0.2) is 0 Å². The van der Waals surface area contributed by atoms with Gasteiger partial charge >= 0.3 is 12.1 Å². The molecule has 0 radical (unpaired) electrons. The Kier molecular flexibility index (Phi) is 5.03. The van der Waals surface area contributed by atoms with Gasteiger partial charge in [-0.3, -0.25) is 0 Å². The molecule has 0 fully saturated rings. The normalized spacial score (nSPS) is 12.7. The van der Waals surface area contributed by atoms with Gasteiger partial charge in [-0.2, -0.15) is 13.2 Å². The maximum Gasteiger partial charge on any atom is 0.418 e. The van der Waals surface area contributed by atoms with Crippen molar-refractivity contribution in [1.82, 2.24) is 4.57 Å². The van der Waals surface area contributed by atoms with Crippen molar-refractivity contribution in [3.8, 4) is 0 Å². The molecule has 0 aliphatic carbocycles. The molecule has 0 saturated carbocycles. The van der Waals surface area contributed by atoms with Gasteiger partial charge in [-0.15, -0.1) is 0 Å². The fraction of sp³-hybridized carbons (Fsp3) is 0.583. The number of carbonyl (C=O) groups is 1. The Balaban J connectivity index is 2.71. The minimum atomic E-state index is -4.68. The van der Waals surface area contributed by atoms with Crippen LogP contribution in [0.25, 0.3) is 0 Å². The van der Waals surface area contributed by atoms with Gasteiger partial charge in [0.1, 0.15) is 6.73 Å². The number of hydrogen-bond donors (Lipinski definition) is 1. The summed E-state index contributed by atoms with van der Waals surface area (Å²) in [4.78, 5) is 10.8. The van der Waals surface area contributed by atoms with Crippen molar-refractivity contribution in [2.45, 2.75) is 38.6 Å². The van der Waals surface area contributed by atoms with Gasteiger partial charge in [-0.25, -0.2) is 4.79 Å². The Morgan fingerprint density at radius 3 is 2.35 bits per heavy atom. The van der Waals surface area contributed by atoms with Crippen molar-refractivity contribution in [3.63, 3.8) is 0 Å². The summed E-state index contributed by atoms with van der Waals surface area (Å²) in [6.07, 6.45) is -2.98. The summed E-state index contributed by atoms with van der Waals surface area (Å²) in [6.45, 7) is 6.86. The minimum Gasteiger partial charge on any atom is -0.478 e. The van der Waals surface area contributed by atoms with Gasteiger partial charge in [0.2, 0.25) is 0 Å². The van der Waals surface area contributed by atoms with Gasteiger partial charge in [-0.05, 0) is 6.04 Å². The van der Waals surface area contributed by atoms with E-state index in [1.54, 1.807) is 0 Å². The lowest BCUT2D eigenvalue weighted by Gasteiger charge is -2.15. The maximum atomic E-state index is 12.7. The number of rotatable bonds is 6. The molecule has 4 nitrogen and oxygen atoms in total. The van der Waals surface area contributed by atoms with Gasteiger partial charge in [0.05, 0.1) is 11.1 Å². The molecule has 0 unspecified atom stereocenters. The summed E-state index contributed by atoms with van der Waals surface area (Å²) in [5.41, 5.74) is -1.91. The molecule has 1 aromatic heterocycles. The van der Waals surface area contributed by atoms with E-state index in [4.69, 9.17) is 9.84 Å². The highest BCUT2D eigenvalue weighted by molar-refractivity contribution is 6.76. The first kappa shape index (κ1) is 16.8. The summed E-state index contributed by atoms with van der Waals surface area (Å²) in [7, 11) is -1.26. The Bertz CT molecular complexity index is 477. The molecular formula is C12H18F3NO3Si. The first-order chi connectivity index (χ1) is 9.00. The first-order valence-electron chi connectivity index (χ1n) is 6.09. The fourth-order valence-corrected chi connectivity index (χ4v) is 2.28. The topological polar surface area (TPSA) is 51.5 Å². The molecule has 0 aliphatic heterocycles. The zero-order valence-corrected chi connectivity index (χ0v) is 12.6. The molecule has 0 aliphatic rings. The molecule has 0 atom stereocenters. The van der Waals surface area contributed by atoms with Crippen molar-refractivity contribution >= 4 is 14.0 Å². The molecule has 1 heterocycles. The Labute approximate surface area is 116 Å². The highest BCUT2D eigenvalue weighted by atomic mass is 28.3. The smallest absolute Gasteiger partial charge is 0.418 e. The number of carboxylic acids is 1. The second-order valence-corrected chi connectivity index (χ2v) is 11.4. The van der Waals surface area contributed by atoms with Crippen molar-refractivity contribution in [3.05, 3.63) is 23.5 Å². The van der Waals surface area contributed by atoms with Crippen molar-refractivity contribution in [2.75, 3.05) is 6.61 Å². The average Bonchev–Trinajstić information content (AvgIpc) is 2.67. The maximum absolute atomic E-state index is 12.7. The van der Waals surface area contributed by atoms with E-state index in [9.17, 15) is 18.0 Å². The van der Waals surface area contributed by atoms with Gasteiger partial charge in [-0.1, -0.05) is 19.6 Å². The third-order valence-electron chi connectivity index (χ3n) is 2.65. The second-order valence-electron chi connectivity index (χ2n) is 5.75. The molecule has 0 spiro atoms. The van der Waals surface area contributed by atoms with E-state index in [-0.39, 0.29) is 6.73 Å². The molecule has 0 bridgehead atoms. The van der Waals surface area contributed by atoms with E-state index in [1.807, 2.05) is 0 Å². The Morgan fingerprint density at radius 1 is 1.35 bits per heavy atom. The van der Waals surface area contributed by atoms with Crippen LogP contribution in [0.3, 0.4) is 0 Å². The molecule has 1 aromatic rings. The molecule has 0 aromatic carbocycles. The lowest BCUT2D eigenvalue weighted by atomic mass is 10.2. The summed E-state index contributed by atoms with van der Waals surface area (Å²) in [6, 6.07) is 0.895. The quantitative estimate of drug-likeness (QED) is 0.646. The molecular weight excluding hydrogens is 291 g/mol. The van der Waals surface area contributed by atoms with Crippen LogP contribution in [0.5, 0.6) is 0 Å².